The summed E-state index contributed by atoms with van der Waals surface area (Å²) in [6.45, 7) is 1.45. The molecule has 0 saturated carbocycles. The third-order valence-corrected chi connectivity index (χ3v) is 6.77. The van der Waals surface area contributed by atoms with Crippen molar-refractivity contribution in [1.29, 1.82) is 0 Å². The quantitative estimate of drug-likeness (QED) is 0.595. The number of halogens is 1. The first-order valence-electron chi connectivity index (χ1n) is 10.1. The van der Waals surface area contributed by atoms with Gasteiger partial charge in [0.2, 0.25) is 5.91 Å². The summed E-state index contributed by atoms with van der Waals surface area (Å²) in [6, 6.07) is 12.9. The van der Waals surface area contributed by atoms with Gasteiger partial charge < -0.3 is 10.6 Å². The van der Waals surface area contributed by atoms with Crippen molar-refractivity contribution in [3.8, 4) is 11.3 Å². The monoisotopic (exact) mass is 450 g/mol. The van der Waals surface area contributed by atoms with Crippen molar-refractivity contribution in [1.82, 2.24) is 15.2 Å². The fraction of sp³-hybridized carbons (Fsp3) is 0.217. The minimum Gasteiger partial charge on any atom is -0.319 e. The molecule has 9 heteroatoms. The summed E-state index contributed by atoms with van der Waals surface area (Å²) in [5, 5.41) is 5.83. The maximum Gasteiger partial charge on any atom is 0.325 e. The van der Waals surface area contributed by atoms with E-state index in [9.17, 15) is 18.8 Å². The fourth-order valence-electron chi connectivity index (χ4n) is 4.36. The van der Waals surface area contributed by atoms with E-state index in [4.69, 9.17) is 0 Å². The van der Waals surface area contributed by atoms with E-state index in [1.807, 2.05) is 31.2 Å². The molecule has 1 saturated heterocycles. The normalized spacial score (nSPS) is 19.4. The van der Waals surface area contributed by atoms with Crippen LogP contribution in [0.3, 0.4) is 0 Å². The summed E-state index contributed by atoms with van der Waals surface area (Å²) in [4.78, 5) is 44.6. The Balaban J connectivity index is 1.31. The standard InChI is InChI=1S/C23H19FN4O3S/c1-13-19(15-6-8-16(24)9-7-15)26-21(32-13)25-18(29)12-28-20(30)23(27-22(28)31)11-10-14-4-2-3-5-17(14)23/h2-9H,10-12H2,1H3,(H,27,31)(H,25,26,29)/t23-/m0/s1. The van der Waals surface area contributed by atoms with Gasteiger partial charge in [0.1, 0.15) is 17.9 Å². The molecule has 2 aliphatic rings. The largest absolute Gasteiger partial charge is 0.325 e. The molecule has 7 nitrogen and oxygen atoms in total. The fourth-order valence-corrected chi connectivity index (χ4v) is 5.21. The number of rotatable bonds is 4. The first-order chi connectivity index (χ1) is 15.4. The average molecular weight is 450 g/mol. The van der Waals surface area contributed by atoms with Crippen LogP contribution in [-0.4, -0.2) is 34.3 Å². The third kappa shape index (κ3) is 3.25. The van der Waals surface area contributed by atoms with Crippen LogP contribution in [0.2, 0.25) is 0 Å². The first kappa shape index (κ1) is 20.3. The van der Waals surface area contributed by atoms with Gasteiger partial charge in [-0.1, -0.05) is 24.3 Å². The second kappa shape index (κ2) is 7.52. The zero-order valence-electron chi connectivity index (χ0n) is 17.1. The Morgan fingerprint density at radius 1 is 1.22 bits per heavy atom. The summed E-state index contributed by atoms with van der Waals surface area (Å²) in [5.74, 6) is -1.27. The molecule has 1 fully saturated rings. The summed E-state index contributed by atoms with van der Waals surface area (Å²) < 4.78 is 13.2. The predicted octanol–water partition coefficient (Wildman–Crippen LogP) is 3.59. The van der Waals surface area contributed by atoms with Crippen molar-refractivity contribution in [2.24, 2.45) is 0 Å². The highest BCUT2D eigenvalue weighted by atomic mass is 32.1. The Kier molecular flexibility index (Phi) is 4.78. The number of imide groups is 1. The molecule has 0 radical (unpaired) electrons. The van der Waals surface area contributed by atoms with Crippen LogP contribution < -0.4 is 10.6 Å². The van der Waals surface area contributed by atoms with Crippen LogP contribution in [0.1, 0.15) is 22.4 Å². The van der Waals surface area contributed by atoms with Gasteiger partial charge in [0.05, 0.1) is 5.69 Å². The maximum absolute atomic E-state index is 13.2. The molecule has 1 aliphatic carbocycles. The number of amides is 4. The van der Waals surface area contributed by atoms with Crippen molar-refractivity contribution in [3.63, 3.8) is 0 Å². The number of carbonyl (C=O) groups is 3. The number of fused-ring (bicyclic) bond motifs is 2. The van der Waals surface area contributed by atoms with Gasteiger partial charge in [-0.2, -0.15) is 0 Å². The van der Waals surface area contributed by atoms with E-state index < -0.39 is 29.9 Å². The number of nitrogens with one attached hydrogen (secondary N) is 2. The summed E-state index contributed by atoms with van der Waals surface area (Å²) in [6.07, 6.45) is 1.16. The zero-order valence-corrected chi connectivity index (χ0v) is 18.0. The number of carbonyl (C=O) groups excluding carboxylic acids is 3. The van der Waals surface area contributed by atoms with Gasteiger partial charge >= 0.3 is 6.03 Å². The second-order valence-electron chi connectivity index (χ2n) is 7.86. The highest BCUT2D eigenvalue weighted by Crippen LogP contribution is 2.41. The lowest BCUT2D eigenvalue weighted by Gasteiger charge is -2.22. The predicted molar refractivity (Wildman–Crippen MR) is 118 cm³/mol. The number of aromatic nitrogens is 1. The van der Waals surface area contributed by atoms with Gasteiger partial charge in [-0.15, -0.1) is 11.3 Å². The van der Waals surface area contributed by atoms with Crippen molar-refractivity contribution >= 4 is 34.3 Å². The maximum atomic E-state index is 13.2. The van der Waals surface area contributed by atoms with Gasteiger partial charge in [-0.05, 0) is 55.2 Å². The number of urea groups is 1. The lowest BCUT2D eigenvalue weighted by molar-refractivity contribution is -0.134. The molecule has 2 heterocycles. The Hall–Kier alpha value is -3.59. The van der Waals surface area contributed by atoms with Gasteiger partial charge in [-0.3, -0.25) is 14.5 Å². The minimum atomic E-state index is -1.10. The minimum absolute atomic E-state index is 0.341. The van der Waals surface area contributed by atoms with E-state index in [0.29, 0.717) is 23.7 Å². The summed E-state index contributed by atoms with van der Waals surface area (Å²) in [5.41, 5.74) is 2.10. The number of nitrogens with zero attached hydrogens (tertiary/aromatic N) is 2. The molecule has 0 unspecified atom stereocenters. The summed E-state index contributed by atoms with van der Waals surface area (Å²) >= 11 is 1.27. The van der Waals surface area contributed by atoms with Crippen LogP contribution in [0.4, 0.5) is 14.3 Å². The Labute approximate surface area is 187 Å². The molecule has 1 spiro atoms. The smallest absolute Gasteiger partial charge is 0.319 e. The first-order valence-corrected chi connectivity index (χ1v) is 10.9. The number of hydrogen-bond donors (Lipinski definition) is 2. The molecule has 3 aromatic rings. The van der Waals surface area contributed by atoms with Crippen LogP contribution in [0.25, 0.3) is 11.3 Å². The van der Waals surface area contributed by atoms with E-state index >= 15 is 0 Å². The Morgan fingerprint density at radius 2 is 1.97 bits per heavy atom. The number of hydrogen-bond acceptors (Lipinski definition) is 5. The molecular weight excluding hydrogens is 431 g/mol. The molecule has 1 aromatic heterocycles. The SMILES string of the molecule is Cc1sc(NC(=O)CN2C(=O)N[C@]3(CCc4ccccc43)C2=O)nc1-c1ccc(F)cc1. The summed E-state index contributed by atoms with van der Waals surface area (Å²) in [7, 11) is 0. The lowest BCUT2D eigenvalue weighted by atomic mass is 9.92. The number of anilines is 1. The van der Waals surface area contributed by atoms with E-state index in [1.165, 1.54) is 23.5 Å². The van der Waals surface area contributed by atoms with Crippen LogP contribution in [-0.2, 0) is 21.5 Å². The molecule has 1 atom stereocenters. The van der Waals surface area contributed by atoms with Gasteiger partial charge in [-0.25, -0.2) is 14.2 Å². The Bertz CT molecular complexity index is 1260. The number of thiazole rings is 1. The van der Waals surface area contributed by atoms with Crippen LogP contribution in [0.15, 0.2) is 48.5 Å². The molecule has 32 heavy (non-hydrogen) atoms. The van der Waals surface area contributed by atoms with Crippen molar-refractivity contribution < 1.29 is 18.8 Å². The topological polar surface area (TPSA) is 91.4 Å². The van der Waals surface area contributed by atoms with E-state index in [1.54, 1.807) is 12.1 Å². The van der Waals surface area contributed by atoms with E-state index in [2.05, 4.69) is 15.6 Å². The van der Waals surface area contributed by atoms with Crippen molar-refractivity contribution in [3.05, 3.63) is 70.4 Å². The molecule has 162 valence electrons. The molecule has 4 amide bonds. The van der Waals surface area contributed by atoms with Crippen LogP contribution >= 0.6 is 11.3 Å². The van der Waals surface area contributed by atoms with Gasteiger partial charge in [0.15, 0.2) is 5.13 Å². The molecule has 1 aliphatic heterocycles. The Morgan fingerprint density at radius 3 is 2.75 bits per heavy atom. The number of benzene rings is 2. The molecule has 0 bridgehead atoms. The van der Waals surface area contributed by atoms with Gasteiger partial charge in [0, 0.05) is 10.4 Å². The van der Waals surface area contributed by atoms with Crippen LogP contribution in [0.5, 0.6) is 0 Å². The average Bonchev–Trinajstić information content (AvgIpc) is 3.40. The highest BCUT2D eigenvalue weighted by molar-refractivity contribution is 7.16. The van der Waals surface area contributed by atoms with Crippen LogP contribution in [0, 0.1) is 12.7 Å². The zero-order chi connectivity index (χ0) is 22.5. The van der Waals surface area contributed by atoms with E-state index in [0.717, 1.165) is 26.5 Å². The van der Waals surface area contributed by atoms with E-state index in [-0.39, 0.29) is 5.82 Å². The number of aryl methyl sites for hydroxylation is 2. The molecule has 2 N–H and O–H groups in total. The van der Waals surface area contributed by atoms with Crippen molar-refractivity contribution in [2.75, 3.05) is 11.9 Å². The molecule has 5 rings (SSSR count). The van der Waals surface area contributed by atoms with Gasteiger partial charge in [0.25, 0.3) is 5.91 Å². The molecule has 2 aromatic carbocycles. The second-order valence-corrected chi connectivity index (χ2v) is 9.07. The lowest BCUT2D eigenvalue weighted by Crippen LogP contribution is -2.42. The highest BCUT2D eigenvalue weighted by Gasteiger charge is 2.55. The third-order valence-electron chi connectivity index (χ3n) is 5.88. The molecular formula is C23H19FN4O3S. The van der Waals surface area contributed by atoms with Crippen molar-refractivity contribution in [2.45, 2.75) is 25.3 Å².